The smallest absolute Gasteiger partial charge is 0.339 e. The molecule has 1 unspecified atom stereocenters. The van der Waals surface area contributed by atoms with Crippen LogP contribution in [0.2, 0.25) is 0 Å². The summed E-state index contributed by atoms with van der Waals surface area (Å²) in [6.45, 7) is -0.475. The maximum Gasteiger partial charge on any atom is 0.339 e. The molecule has 1 aliphatic carbocycles. The number of aromatic nitrogens is 1. The van der Waals surface area contributed by atoms with E-state index < -0.39 is 23.9 Å². The van der Waals surface area contributed by atoms with Crippen LogP contribution in [-0.4, -0.2) is 82.6 Å². The quantitative estimate of drug-likeness (QED) is 0.195. The molecule has 11 nitrogen and oxygen atoms in total. The fraction of sp³-hybridized carbons (Fsp3) is 0.500. The minimum Gasteiger partial charge on any atom is -0.639 e. The van der Waals surface area contributed by atoms with Gasteiger partial charge in [-0.15, -0.1) is 0 Å². The number of pyridine rings is 1. The van der Waals surface area contributed by atoms with Gasteiger partial charge >= 0.3 is 11.9 Å². The Labute approximate surface area is 209 Å². The second-order valence-corrected chi connectivity index (χ2v) is 7.69. The number of rotatable bonds is 11. The summed E-state index contributed by atoms with van der Waals surface area (Å²) in [5.74, 6) is -2.81. The number of carbonyl (C=O) groups excluding carboxylic acids is 3. The van der Waals surface area contributed by atoms with Crippen LogP contribution in [0.4, 0.5) is 0 Å². The standard InChI is InChI=1S/C22H29N3O8.Mn/c1-31-20(28)13-24(11-16-9-8-15(10-23-16)22(30)33-3)17-6-4-5-7-18(17)25(12-19(26)27)14-21(29)32-2;/h8-10,17-18H,1-2,4-7,11-14H2,3H3,(H,26,27);/q-2;/t17-,18?;/m0./s1. The summed E-state index contributed by atoms with van der Waals surface area (Å²) in [5, 5.41) is 9.38. The molecule has 1 heterocycles. The first-order valence-electron chi connectivity index (χ1n) is 10.4. The third kappa shape index (κ3) is 8.68. The van der Waals surface area contributed by atoms with E-state index in [9.17, 15) is 24.3 Å². The van der Waals surface area contributed by atoms with E-state index in [1.807, 2.05) is 4.90 Å². The molecule has 1 aliphatic rings. The van der Waals surface area contributed by atoms with Gasteiger partial charge in [-0.05, 0) is 25.0 Å². The van der Waals surface area contributed by atoms with Gasteiger partial charge in [-0.2, -0.15) is 14.2 Å². The molecule has 1 radical (unpaired) electrons. The van der Waals surface area contributed by atoms with Crippen molar-refractivity contribution in [2.75, 3.05) is 26.7 Å². The molecule has 0 aliphatic heterocycles. The van der Waals surface area contributed by atoms with Crippen LogP contribution in [0, 0.1) is 14.2 Å². The first-order chi connectivity index (χ1) is 15.8. The van der Waals surface area contributed by atoms with Gasteiger partial charge in [0.1, 0.15) is 0 Å². The predicted octanol–water partition coefficient (Wildman–Crippen LogP) is 1.04. The summed E-state index contributed by atoms with van der Waals surface area (Å²) in [7, 11) is 7.56. The summed E-state index contributed by atoms with van der Waals surface area (Å²) in [6.07, 6.45) is 4.40. The molecule has 12 heteroatoms. The Morgan fingerprint density at radius 1 is 1.00 bits per heavy atom. The molecule has 0 saturated heterocycles. The van der Waals surface area contributed by atoms with Crippen molar-refractivity contribution < 1.29 is 55.6 Å². The molecule has 189 valence electrons. The molecule has 1 N–H and O–H groups in total. The molecule has 0 spiro atoms. The summed E-state index contributed by atoms with van der Waals surface area (Å²) >= 11 is 0. The Kier molecular flexibility index (Phi) is 12.7. The van der Waals surface area contributed by atoms with Crippen LogP contribution in [0.25, 0.3) is 0 Å². The van der Waals surface area contributed by atoms with Crippen LogP contribution >= 0.6 is 0 Å². The van der Waals surface area contributed by atoms with Crippen LogP contribution in [0.5, 0.6) is 0 Å². The zero-order valence-electron chi connectivity index (χ0n) is 19.0. The van der Waals surface area contributed by atoms with Gasteiger partial charge < -0.3 is 19.3 Å². The molecule has 2 rings (SSSR count). The fourth-order valence-electron chi connectivity index (χ4n) is 4.09. The van der Waals surface area contributed by atoms with Crippen molar-refractivity contribution >= 4 is 23.9 Å². The van der Waals surface area contributed by atoms with Crippen molar-refractivity contribution in [1.82, 2.24) is 14.8 Å². The molecule has 0 bridgehead atoms. The normalized spacial score (nSPS) is 17.6. The summed E-state index contributed by atoms with van der Waals surface area (Å²) in [4.78, 5) is 54.8. The molecule has 2 atom stereocenters. The number of hydrogen-bond acceptors (Lipinski definition) is 10. The molecule has 1 fully saturated rings. The van der Waals surface area contributed by atoms with E-state index in [1.165, 1.54) is 18.2 Å². The number of carbonyl (C=O) groups is 4. The predicted molar refractivity (Wildman–Crippen MR) is 114 cm³/mol. The van der Waals surface area contributed by atoms with Crippen molar-refractivity contribution in [3.8, 4) is 0 Å². The van der Waals surface area contributed by atoms with Gasteiger partial charge in [0.2, 0.25) is 0 Å². The average Bonchev–Trinajstić information content (AvgIpc) is 2.82. The number of esters is 3. The Bertz CT molecular complexity index is 836. The van der Waals surface area contributed by atoms with Crippen LogP contribution < -0.4 is 0 Å². The molecule has 0 amide bonds. The van der Waals surface area contributed by atoms with Crippen molar-refractivity contribution in [1.29, 1.82) is 0 Å². The second kappa shape index (κ2) is 14.7. The topological polar surface area (TPSA) is 136 Å². The largest absolute Gasteiger partial charge is 0.639 e. The molecular formula is C22H29MnN3O8-2. The number of carboxylic acid groups (broad SMARTS) is 1. The molecular weight excluding hydrogens is 489 g/mol. The molecule has 1 saturated carbocycles. The Hall–Kier alpha value is -2.53. The first kappa shape index (κ1) is 29.5. The van der Waals surface area contributed by atoms with E-state index in [2.05, 4.69) is 33.4 Å². The molecule has 34 heavy (non-hydrogen) atoms. The number of aliphatic carboxylic acids is 1. The van der Waals surface area contributed by atoms with E-state index in [-0.39, 0.29) is 55.3 Å². The van der Waals surface area contributed by atoms with Crippen LogP contribution in [0.1, 0.15) is 41.7 Å². The number of carboxylic acids is 1. The van der Waals surface area contributed by atoms with Gasteiger partial charge in [0.05, 0.1) is 38.0 Å². The molecule has 1 aromatic heterocycles. The van der Waals surface area contributed by atoms with Crippen molar-refractivity contribution in [2.24, 2.45) is 0 Å². The second-order valence-electron chi connectivity index (χ2n) is 7.69. The number of methoxy groups -OCH3 is 1. The number of hydrogen-bond donors (Lipinski definition) is 1. The Morgan fingerprint density at radius 2 is 1.56 bits per heavy atom. The summed E-state index contributed by atoms with van der Waals surface area (Å²) < 4.78 is 13.8. The number of ether oxygens (including phenoxy) is 3. The zero-order valence-corrected chi connectivity index (χ0v) is 20.2. The van der Waals surface area contributed by atoms with Gasteiger partial charge in [-0.1, -0.05) is 12.8 Å². The van der Waals surface area contributed by atoms with Gasteiger partial charge in [0.15, 0.2) is 0 Å². The van der Waals surface area contributed by atoms with Crippen molar-refractivity contribution in [3.05, 3.63) is 43.8 Å². The van der Waals surface area contributed by atoms with E-state index in [0.717, 1.165) is 12.8 Å². The van der Waals surface area contributed by atoms with E-state index in [4.69, 9.17) is 0 Å². The van der Waals surface area contributed by atoms with Crippen molar-refractivity contribution in [3.63, 3.8) is 0 Å². The Balaban J connectivity index is 0.00000578. The Morgan fingerprint density at radius 3 is 2.03 bits per heavy atom. The van der Waals surface area contributed by atoms with Crippen LogP contribution in [-0.2, 0) is 52.2 Å². The monoisotopic (exact) mass is 518 g/mol. The summed E-state index contributed by atoms with van der Waals surface area (Å²) in [6, 6.07) is 2.63. The fourth-order valence-corrected chi connectivity index (χ4v) is 4.09. The summed E-state index contributed by atoms with van der Waals surface area (Å²) in [5.41, 5.74) is 0.880. The van der Waals surface area contributed by atoms with E-state index in [0.29, 0.717) is 24.1 Å². The minimum atomic E-state index is -1.08. The number of nitrogens with zero attached hydrogens (tertiary/aromatic N) is 3. The van der Waals surface area contributed by atoms with Crippen molar-refractivity contribution in [2.45, 2.75) is 44.3 Å². The maximum absolute atomic E-state index is 12.1. The maximum atomic E-state index is 12.1. The van der Waals surface area contributed by atoms with Crippen LogP contribution in [0.3, 0.4) is 0 Å². The molecule has 1 aromatic rings. The zero-order chi connectivity index (χ0) is 24.4. The van der Waals surface area contributed by atoms with E-state index in [1.54, 1.807) is 12.1 Å². The average molecular weight is 518 g/mol. The third-order valence-corrected chi connectivity index (χ3v) is 5.57. The SMILES string of the molecule is [CH2-]OC(=O)CN(CC(=O)O)C1CCCC[C@@H]1N(CC(=O)O[CH2-])Cc1ccc(C(=O)OC)cn1.[Mn]. The van der Waals surface area contributed by atoms with E-state index >= 15 is 0 Å². The van der Waals surface area contributed by atoms with Gasteiger partial charge in [0.25, 0.3) is 11.9 Å². The van der Waals surface area contributed by atoms with Gasteiger partial charge in [-0.3, -0.25) is 29.2 Å². The third-order valence-electron chi connectivity index (χ3n) is 5.57. The first-order valence-corrected chi connectivity index (χ1v) is 10.4. The van der Waals surface area contributed by atoms with Gasteiger partial charge in [-0.25, -0.2) is 4.79 Å². The van der Waals surface area contributed by atoms with Crippen LogP contribution in [0.15, 0.2) is 18.3 Å². The van der Waals surface area contributed by atoms with Gasteiger partial charge in [0, 0.05) is 41.9 Å². The minimum absolute atomic E-state index is 0. The molecule has 0 aromatic carbocycles.